The second kappa shape index (κ2) is 3.95. The molecule has 1 heterocycles. The normalized spacial score (nSPS) is 19.9. The van der Waals surface area contributed by atoms with E-state index in [1.54, 1.807) is 0 Å². The molecular weight excluding hydrogens is 184 g/mol. The van der Waals surface area contributed by atoms with Crippen LogP contribution in [0.15, 0.2) is 24.3 Å². The van der Waals surface area contributed by atoms with Crippen molar-refractivity contribution in [3.8, 4) is 0 Å². The van der Waals surface area contributed by atoms with E-state index in [1.807, 2.05) is 0 Å². The second-order valence-electron chi connectivity index (χ2n) is 4.92. The standard InChI is InChI=1S/C13H20N2/c1-3-13(2,14)10-15-8-11-6-4-5-7-12(11)9-15/h4-7H,3,8-10,14H2,1-2H3. The van der Waals surface area contributed by atoms with Crippen LogP contribution in [-0.4, -0.2) is 17.0 Å². The molecule has 82 valence electrons. The van der Waals surface area contributed by atoms with Crippen molar-refractivity contribution in [2.24, 2.45) is 5.73 Å². The monoisotopic (exact) mass is 204 g/mol. The van der Waals surface area contributed by atoms with Crippen LogP contribution in [0.25, 0.3) is 0 Å². The minimum atomic E-state index is -0.0535. The first-order chi connectivity index (χ1) is 7.11. The molecule has 1 aromatic rings. The molecule has 0 bridgehead atoms. The maximum atomic E-state index is 6.19. The van der Waals surface area contributed by atoms with E-state index in [0.29, 0.717) is 0 Å². The molecule has 1 unspecified atom stereocenters. The molecule has 0 aromatic heterocycles. The van der Waals surface area contributed by atoms with Gasteiger partial charge in [0.25, 0.3) is 0 Å². The highest BCUT2D eigenvalue weighted by molar-refractivity contribution is 5.30. The van der Waals surface area contributed by atoms with Crippen molar-refractivity contribution in [1.82, 2.24) is 4.90 Å². The van der Waals surface area contributed by atoms with Crippen LogP contribution in [0.3, 0.4) is 0 Å². The number of nitrogens with zero attached hydrogens (tertiary/aromatic N) is 1. The number of fused-ring (bicyclic) bond motifs is 1. The summed E-state index contributed by atoms with van der Waals surface area (Å²) in [6.07, 6.45) is 1.03. The van der Waals surface area contributed by atoms with E-state index in [9.17, 15) is 0 Å². The van der Waals surface area contributed by atoms with E-state index in [2.05, 4.69) is 43.0 Å². The highest BCUT2D eigenvalue weighted by Gasteiger charge is 2.24. The number of hydrogen-bond donors (Lipinski definition) is 1. The van der Waals surface area contributed by atoms with E-state index < -0.39 is 0 Å². The van der Waals surface area contributed by atoms with Gasteiger partial charge in [0.1, 0.15) is 0 Å². The van der Waals surface area contributed by atoms with Gasteiger partial charge in [0.15, 0.2) is 0 Å². The minimum Gasteiger partial charge on any atom is -0.324 e. The number of benzene rings is 1. The Morgan fingerprint density at radius 1 is 1.27 bits per heavy atom. The Kier molecular flexibility index (Phi) is 2.81. The lowest BCUT2D eigenvalue weighted by Crippen LogP contribution is -2.45. The summed E-state index contributed by atoms with van der Waals surface area (Å²) in [5.41, 5.74) is 9.06. The van der Waals surface area contributed by atoms with E-state index in [4.69, 9.17) is 5.73 Å². The van der Waals surface area contributed by atoms with Gasteiger partial charge in [-0.1, -0.05) is 31.2 Å². The zero-order chi connectivity index (χ0) is 10.9. The molecule has 0 spiro atoms. The molecule has 0 radical (unpaired) electrons. The lowest BCUT2D eigenvalue weighted by Gasteiger charge is -2.28. The highest BCUT2D eigenvalue weighted by Crippen LogP contribution is 2.23. The van der Waals surface area contributed by atoms with Crippen molar-refractivity contribution in [2.75, 3.05) is 6.54 Å². The molecular formula is C13H20N2. The lowest BCUT2D eigenvalue weighted by atomic mass is 10.00. The van der Waals surface area contributed by atoms with Gasteiger partial charge < -0.3 is 5.73 Å². The molecule has 0 amide bonds. The van der Waals surface area contributed by atoms with E-state index >= 15 is 0 Å². The summed E-state index contributed by atoms with van der Waals surface area (Å²) in [5, 5.41) is 0. The van der Waals surface area contributed by atoms with Gasteiger partial charge in [-0.05, 0) is 24.5 Å². The SMILES string of the molecule is CCC(C)(N)CN1Cc2ccccc2C1. The fraction of sp³-hybridized carbons (Fsp3) is 0.538. The number of nitrogens with two attached hydrogens (primary N) is 1. The van der Waals surface area contributed by atoms with E-state index in [1.165, 1.54) is 11.1 Å². The maximum Gasteiger partial charge on any atom is 0.0252 e. The first-order valence-corrected chi connectivity index (χ1v) is 5.69. The predicted molar refractivity (Wildman–Crippen MR) is 63.4 cm³/mol. The molecule has 2 N–H and O–H groups in total. The van der Waals surface area contributed by atoms with Crippen LogP contribution in [-0.2, 0) is 13.1 Å². The largest absolute Gasteiger partial charge is 0.324 e. The summed E-state index contributed by atoms with van der Waals surface area (Å²) in [7, 11) is 0. The fourth-order valence-corrected chi connectivity index (χ4v) is 2.14. The van der Waals surface area contributed by atoms with Gasteiger partial charge in [-0.25, -0.2) is 0 Å². The zero-order valence-electron chi connectivity index (χ0n) is 9.66. The molecule has 0 saturated carbocycles. The molecule has 2 nitrogen and oxygen atoms in total. The Hall–Kier alpha value is -0.860. The van der Waals surface area contributed by atoms with Crippen LogP contribution in [0, 0.1) is 0 Å². The molecule has 0 saturated heterocycles. The first-order valence-electron chi connectivity index (χ1n) is 5.69. The van der Waals surface area contributed by atoms with Gasteiger partial charge in [-0.2, -0.15) is 0 Å². The number of hydrogen-bond acceptors (Lipinski definition) is 2. The molecule has 2 heteroatoms. The molecule has 0 aliphatic carbocycles. The van der Waals surface area contributed by atoms with Gasteiger partial charge in [0.2, 0.25) is 0 Å². The van der Waals surface area contributed by atoms with Crippen molar-refractivity contribution >= 4 is 0 Å². The van der Waals surface area contributed by atoms with Crippen molar-refractivity contribution in [2.45, 2.75) is 38.9 Å². The molecule has 0 fully saturated rings. The quantitative estimate of drug-likeness (QED) is 0.817. The van der Waals surface area contributed by atoms with E-state index in [0.717, 1.165) is 26.1 Å². The molecule has 1 atom stereocenters. The van der Waals surface area contributed by atoms with Crippen LogP contribution in [0.5, 0.6) is 0 Å². The Labute approximate surface area is 92.1 Å². The van der Waals surface area contributed by atoms with Crippen LogP contribution < -0.4 is 5.73 Å². The molecule has 1 aliphatic rings. The van der Waals surface area contributed by atoms with Crippen molar-refractivity contribution < 1.29 is 0 Å². The second-order valence-corrected chi connectivity index (χ2v) is 4.92. The topological polar surface area (TPSA) is 29.3 Å². The smallest absolute Gasteiger partial charge is 0.0252 e. The van der Waals surface area contributed by atoms with Gasteiger partial charge >= 0.3 is 0 Å². The molecule has 2 rings (SSSR count). The van der Waals surface area contributed by atoms with Crippen molar-refractivity contribution in [3.05, 3.63) is 35.4 Å². The third-order valence-electron chi connectivity index (χ3n) is 3.30. The molecule has 1 aliphatic heterocycles. The summed E-state index contributed by atoms with van der Waals surface area (Å²) in [5.74, 6) is 0. The third kappa shape index (κ3) is 2.39. The summed E-state index contributed by atoms with van der Waals surface area (Å²) >= 11 is 0. The summed E-state index contributed by atoms with van der Waals surface area (Å²) < 4.78 is 0. The van der Waals surface area contributed by atoms with Gasteiger partial charge in [-0.3, -0.25) is 4.90 Å². The molecule has 1 aromatic carbocycles. The predicted octanol–water partition coefficient (Wildman–Crippen LogP) is 2.13. The van der Waals surface area contributed by atoms with Gasteiger partial charge in [0.05, 0.1) is 0 Å². The maximum absolute atomic E-state index is 6.19. The third-order valence-corrected chi connectivity index (χ3v) is 3.30. The summed E-state index contributed by atoms with van der Waals surface area (Å²) in [6, 6.07) is 8.66. The van der Waals surface area contributed by atoms with Crippen LogP contribution in [0.1, 0.15) is 31.4 Å². The Bertz CT molecular complexity index is 319. The summed E-state index contributed by atoms with van der Waals surface area (Å²) in [4.78, 5) is 2.44. The average molecular weight is 204 g/mol. The summed E-state index contributed by atoms with van der Waals surface area (Å²) in [6.45, 7) is 7.39. The van der Waals surface area contributed by atoms with Crippen molar-refractivity contribution in [1.29, 1.82) is 0 Å². The Morgan fingerprint density at radius 3 is 2.27 bits per heavy atom. The highest BCUT2D eigenvalue weighted by atomic mass is 15.2. The van der Waals surface area contributed by atoms with Crippen LogP contribution >= 0.6 is 0 Å². The van der Waals surface area contributed by atoms with Crippen LogP contribution in [0.4, 0.5) is 0 Å². The minimum absolute atomic E-state index is 0.0535. The lowest BCUT2D eigenvalue weighted by molar-refractivity contribution is 0.217. The van der Waals surface area contributed by atoms with Crippen molar-refractivity contribution in [3.63, 3.8) is 0 Å². The average Bonchev–Trinajstić information content (AvgIpc) is 2.58. The first kappa shape index (κ1) is 10.7. The fourth-order valence-electron chi connectivity index (χ4n) is 2.14. The number of rotatable bonds is 3. The van der Waals surface area contributed by atoms with Gasteiger partial charge in [0, 0.05) is 25.2 Å². The van der Waals surface area contributed by atoms with E-state index in [-0.39, 0.29) is 5.54 Å². The van der Waals surface area contributed by atoms with Gasteiger partial charge in [-0.15, -0.1) is 0 Å². The molecule has 15 heavy (non-hydrogen) atoms. The zero-order valence-corrected chi connectivity index (χ0v) is 9.66. The Balaban J connectivity index is 2.02. The Morgan fingerprint density at radius 2 is 1.80 bits per heavy atom. The van der Waals surface area contributed by atoms with Crippen LogP contribution in [0.2, 0.25) is 0 Å².